The van der Waals surface area contributed by atoms with E-state index in [4.69, 9.17) is 10.7 Å². The SMILES string of the molecule is CCC(C)(CN)c1nc2cc(F)ccc2n1C1CC1. The maximum atomic E-state index is 13.4. The third kappa shape index (κ3) is 1.94. The third-order valence-electron chi connectivity index (χ3n) is 4.33. The zero-order valence-corrected chi connectivity index (χ0v) is 11.5. The minimum absolute atomic E-state index is 0.141. The molecule has 4 heteroatoms. The maximum absolute atomic E-state index is 13.4. The van der Waals surface area contributed by atoms with Gasteiger partial charge in [0, 0.05) is 24.1 Å². The highest BCUT2D eigenvalue weighted by Crippen LogP contribution is 2.42. The predicted octanol–water partition coefficient (Wildman–Crippen LogP) is 3.14. The van der Waals surface area contributed by atoms with E-state index in [0.29, 0.717) is 12.6 Å². The molecule has 2 aromatic rings. The van der Waals surface area contributed by atoms with Crippen molar-refractivity contribution >= 4 is 11.0 Å². The fourth-order valence-electron chi connectivity index (χ4n) is 2.59. The van der Waals surface area contributed by atoms with Gasteiger partial charge >= 0.3 is 0 Å². The summed E-state index contributed by atoms with van der Waals surface area (Å²) in [7, 11) is 0. The topological polar surface area (TPSA) is 43.8 Å². The summed E-state index contributed by atoms with van der Waals surface area (Å²) in [6.45, 7) is 4.83. The van der Waals surface area contributed by atoms with Crippen LogP contribution in [0.3, 0.4) is 0 Å². The van der Waals surface area contributed by atoms with Gasteiger partial charge in [-0.2, -0.15) is 0 Å². The predicted molar refractivity (Wildman–Crippen MR) is 74.7 cm³/mol. The normalized spacial score (nSPS) is 18.7. The van der Waals surface area contributed by atoms with Gasteiger partial charge in [0.05, 0.1) is 11.0 Å². The largest absolute Gasteiger partial charge is 0.329 e. The lowest BCUT2D eigenvalue weighted by atomic mass is 9.86. The molecular weight excluding hydrogens is 241 g/mol. The number of hydrogen-bond donors (Lipinski definition) is 1. The number of fused-ring (bicyclic) bond motifs is 1. The summed E-state index contributed by atoms with van der Waals surface area (Å²) < 4.78 is 15.7. The van der Waals surface area contributed by atoms with Crippen LogP contribution in [0.2, 0.25) is 0 Å². The molecule has 0 radical (unpaired) electrons. The lowest BCUT2D eigenvalue weighted by molar-refractivity contribution is 0.418. The van der Waals surface area contributed by atoms with Crippen LogP contribution in [0.25, 0.3) is 11.0 Å². The van der Waals surface area contributed by atoms with E-state index >= 15 is 0 Å². The highest BCUT2D eigenvalue weighted by Gasteiger charge is 2.35. The summed E-state index contributed by atoms with van der Waals surface area (Å²) in [6, 6.07) is 5.39. The van der Waals surface area contributed by atoms with Gasteiger partial charge < -0.3 is 10.3 Å². The molecule has 0 spiro atoms. The van der Waals surface area contributed by atoms with E-state index in [0.717, 1.165) is 23.3 Å². The van der Waals surface area contributed by atoms with Crippen LogP contribution in [-0.2, 0) is 5.41 Å². The average Bonchev–Trinajstić information content (AvgIpc) is 3.18. The van der Waals surface area contributed by atoms with Crippen LogP contribution < -0.4 is 5.73 Å². The average molecular weight is 261 g/mol. The van der Waals surface area contributed by atoms with Crippen LogP contribution in [0.15, 0.2) is 18.2 Å². The van der Waals surface area contributed by atoms with Crippen LogP contribution in [0.5, 0.6) is 0 Å². The van der Waals surface area contributed by atoms with Crippen LogP contribution in [0, 0.1) is 5.82 Å². The maximum Gasteiger partial charge on any atom is 0.125 e. The van der Waals surface area contributed by atoms with Gasteiger partial charge in [-0.3, -0.25) is 0 Å². The standard InChI is InChI=1S/C15H20FN3/c1-3-15(2,9-17)14-18-12-8-10(16)4-7-13(12)19(14)11-5-6-11/h4,7-8,11H,3,5-6,9,17H2,1-2H3. The van der Waals surface area contributed by atoms with Crippen LogP contribution in [-0.4, -0.2) is 16.1 Å². The Morgan fingerprint density at radius 3 is 2.79 bits per heavy atom. The Labute approximate surface area is 112 Å². The van der Waals surface area contributed by atoms with E-state index < -0.39 is 0 Å². The van der Waals surface area contributed by atoms with Gasteiger partial charge in [0.25, 0.3) is 0 Å². The molecule has 1 aromatic carbocycles. The molecule has 1 aliphatic rings. The first-order valence-corrected chi connectivity index (χ1v) is 6.97. The van der Waals surface area contributed by atoms with Crippen molar-refractivity contribution in [2.45, 2.75) is 44.6 Å². The molecule has 102 valence electrons. The molecule has 0 saturated heterocycles. The Balaban J connectivity index is 2.25. The molecule has 3 nitrogen and oxygen atoms in total. The summed E-state index contributed by atoms with van der Waals surface area (Å²) >= 11 is 0. The number of imidazole rings is 1. The minimum Gasteiger partial charge on any atom is -0.329 e. The molecule has 1 aliphatic carbocycles. The second-order valence-corrected chi connectivity index (χ2v) is 5.79. The van der Waals surface area contributed by atoms with Gasteiger partial charge in [-0.25, -0.2) is 9.37 Å². The van der Waals surface area contributed by atoms with Crippen LogP contribution in [0.4, 0.5) is 4.39 Å². The number of nitrogens with two attached hydrogens (primary N) is 1. The molecule has 0 bridgehead atoms. The lowest BCUT2D eigenvalue weighted by Gasteiger charge is -2.26. The van der Waals surface area contributed by atoms with E-state index in [1.54, 1.807) is 0 Å². The number of rotatable bonds is 4. The molecule has 0 aliphatic heterocycles. The summed E-state index contributed by atoms with van der Waals surface area (Å²) in [5.74, 6) is 0.783. The fraction of sp³-hybridized carbons (Fsp3) is 0.533. The molecule has 2 N–H and O–H groups in total. The molecule has 1 unspecified atom stereocenters. The number of benzene rings is 1. The molecule has 3 rings (SSSR count). The quantitative estimate of drug-likeness (QED) is 0.919. The first-order chi connectivity index (χ1) is 9.09. The monoisotopic (exact) mass is 261 g/mol. The van der Waals surface area contributed by atoms with E-state index in [1.807, 2.05) is 6.07 Å². The Kier molecular flexibility index (Phi) is 2.86. The Bertz CT molecular complexity index is 609. The Hall–Kier alpha value is -1.42. The number of halogens is 1. The van der Waals surface area contributed by atoms with Crippen molar-refractivity contribution in [3.8, 4) is 0 Å². The zero-order chi connectivity index (χ0) is 13.6. The second-order valence-electron chi connectivity index (χ2n) is 5.79. The van der Waals surface area contributed by atoms with Gasteiger partial charge in [0.15, 0.2) is 0 Å². The van der Waals surface area contributed by atoms with Crippen LogP contribution >= 0.6 is 0 Å². The number of nitrogens with zero attached hydrogens (tertiary/aromatic N) is 2. The molecule has 1 aromatic heterocycles. The third-order valence-corrected chi connectivity index (χ3v) is 4.33. The zero-order valence-electron chi connectivity index (χ0n) is 11.5. The fourth-order valence-corrected chi connectivity index (χ4v) is 2.59. The summed E-state index contributed by atoms with van der Waals surface area (Å²) in [5.41, 5.74) is 7.60. The van der Waals surface area contributed by atoms with Gasteiger partial charge in [0.2, 0.25) is 0 Å². The molecule has 19 heavy (non-hydrogen) atoms. The molecule has 1 heterocycles. The lowest BCUT2D eigenvalue weighted by Crippen LogP contribution is -2.34. The van der Waals surface area contributed by atoms with Crippen molar-refractivity contribution in [3.05, 3.63) is 29.8 Å². The number of hydrogen-bond acceptors (Lipinski definition) is 2. The van der Waals surface area contributed by atoms with Crippen LogP contribution in [0.1, 0.15) is 45.0 Å². The van der Waals surface area contributed by atoms with Gasteiger partial charge in [0.1, 0.15) is 11.6 Å². The number of aromatic nitrogens is 2. The molecule has 1 atom stereocenters. The smallest absolute Gasteiger partial charge is 0.125 e. The molecular formula is C15H20FN3. The molecule has 0 amide bonds. The van der Waals surface area contributed by atoms with Crippen molar-refractivity contribution in [2.24, 2.45) is 5.73 Å². The summed E-state index contributed by atoms with van der Waals surface area (Å²) in [6.07, 6.45) is 3.29. The summed E-state index contributed by atoms with van der Waals surface area (Å²) in [5, 5.41) is 0. The first kappa shape index (κ1) is 12.6. The van der Waals surface area contributed by atoms with Gasteiger partial charge in [-0.05, 0) is 31.4 Å². The molecule has 1 fully saturated rings. The van der Waals surface area contributed by atoms with E-state index in [2.05, 4.69) is 18.4 Å². The van der Waals surface area contributed by atoms with Crippen molar-refractivity contribution in [2.75, 3.05) is 6.54 Å². The van der Waals surface area contributed by atoms with E-state index in [9.17, 15) is 4.39 Å². The Morgan fingerprint density at radius 1 is 1.47 bits per heavy atom. The van der Waals surface area contributed by atoms with E-state index in [1.165, 1.54) is 25.0 Å². The molecule has 1 saturated carbocycles. The summed E-state index contributed by atoms with van der Waals surface area (Å²) in [4.78, 5) is 4.69. The van der Waals surface area contributed by atoms with E-state index in [-0.39, 0.29) is 11.2 Å². The van der Waals surface area contributed by atoms with Crippen molar-refractivity contribution < 1.29 is 4.39 Å². The van der Waals surface area contributed by atoms with Crippen molar-refractivity contribution in [1.29, 1.82) is 0 Å². The highest BCUT2D eigenvalue weighted by atomic mass is 19.1. The highest BCUT2D eigenvalue weighted by molar-refractivity contribution is 5.76. The van der Waals surface area contributed by atoms with Crippen molar-refractivity contribution in [1.82, 2.24) is 9.55 Å². The first-order valence-electron chi connectivity index (χ1n) is 6.97. The Morgan fingerprint density at radius 2 is 2.21 bits per heavy atom. The second kappa shape index (κ2) is 4.30. The minimum atomic E-state index is -0.231. The van der Waals surface area contributed by atoms with Crippen molar-refractivity contribution in [3.63, 3.8) is 0 Å². The van der Waals surface area contributed by atoms with Gasteiger partial charge in [-0.15, -0.1) is 0 Å². The van der Waals surface area contributed by atoms with Gasteiger partial charge in [-0.1, -0.05) is 13.8 Å².